The molecule has 1 aromatic carbocycles. The number of nitro benzene ring substituents is 1. The Kier molecular flexibility index (Phi) is 3.80. The van der Waals surface area contributed by atoms with E-state index in [-0.39, 0.29) is 19.3 Å². The molecule has 0 N–H and O–H groups in total. The van der Waals surface area contributed by atoms with Crippen molar-refractivity contribution in [3.05, 3.63) is 39.4 Å². The molecule has 0 radical (unpaired) electrons. The highest BCUT2D eigenvalue weighted by Gasteiger charge is 2.44. The number of rotatable bonds is 2. The lowest BCUT2D eigenvalue weighted by Crippen LogP contribution is -2.29. The number of hydrogen-bond acceptors (Lipinski definition) is 4. The van der Waals surface area contributed by atoms with Gasteiger partial charge >= 0.3 is 6.18 Å². The van der Waals surface area contributed by atoms with Crippen molar-refractivity contribution >= 4 is 17.3 Å². The molecule has 0 spiro atoms. The first-order valence-electron chi connectivity index (χ1n) is 6.13. The fraction of sp³-hybridized carbons (Fsp3) is 0.385. The summed E-state index contributed by atoms with van der Waals surface area (Å²) in [5.41, 5.74) is -2.98. The van der Waals surface area contributed by atoms with E-state index in [1.165, 1.54) is 0 Å². The summed E-state index contributed by atoms with van der Waals surface area (Å²) in [7, 11) is 0. The first kappa shape index (κ1) is 15.1. The summed E-state index contributed by atoms with van der Waals surface area (Å²) in [5, 5.41) is 11.0. The minimum atomic E-state index is -4.88. The van der Waals surface area contributed by atoms with E-state index >= 15 is 0 Å². The van der Waals surface area contributed by atoms with Gasteiger partial charge in [-0.25, -0.2) is 0 Å². The van der Waals surface area contributed by atoms with E-state index in [9.17, 15) is 32.9 Å². The van der Waals surface area contributed by atoms with Gasteiger partial charge in [0, 0.05) is 18.9 Å². The molecule has 0 bridgehead atoms. The summed E-state index contributed by atoms with van der Waals surface area (Å²) in [4.78, 5) is 33.7. The van der Waals surface area contributed by atoms with Gasteiger partial charge in [-0.2, -0.15) is 13.2 Å². The Morgan fingerprint density at radius 2 is 1.71 bits per heavy atom. The van der Waals surface area contributed by atoms with Crippen LogP contribution in [-0.2, 0) is 15.8 Å². The number of carbonyl (C=O) groups excluding carboxylic acids is 2. The molecule has 0 aliphatic heterocycles. The van der Waals surface area contributed by atoms with Gasteiger partial charge in [-0.05, 0) is 12.5 Å². The Labute approximate surface area is 116 Å². The number of nitro groups is 1. The number of ketones is 2. The predicted molar refractivity (Wildman–Crippen MR) is 64.7 cm³/mol. The Morgan fingerprint density at radius 1 is 1.14 bits per heavy atom. The van der Waals surface area contributed by atoms with Crippen LogP contribution < -0.4 is 0 Å². The average molecular weight is 301 g/mol. The number of benzene rings is 1. The molecule has 1 saturated carbocycles. The van der Waals surface area contributed by atoms with E-state index in [1.807, 2.05) is 0 Å². The Balaban J connectivity index is 2.72. The molecule has 0 aromatic heterocycles. The van der Waals surface area contributed by atoms with Crippen LogP contribution in [0.15, 0.2) is 18.2 Å². The molecule has 1 aliphatic rings. The number of alkyl halides is 3. The van der Waals surface area contributed by atoms with E-state index in [4.69, 9.17) is 0 Å². The second-order valence-electron chi connectivity index (χ2n) is 4.71. The van der Waals surface area contributed by atoms with Crippen LogP contribution in [0, 0.1) is 10.1 Å². The summed E-state index contributed by atoms with van der Waals surface area (Å²) < 4.78 is 39.2. The molecule has 8 heteroatoms. The predicted octanol–water partition coefficient (Wildman–Crippen LogP) is 3.02. The SMILES string of the molecule is O=C1CCCC(=O)C1c1c([N+](=O)[O-])cccc1C(F)(F)F. The summed E-state index contributed by atoms with van der Waals surface area (Å²) in [5.74, 6) is -3.10. The Hall–Kier alpha value is -2.25. The summed E-state index contributed by atoms with van der Waals surface area (Å²) in [6.07, 6.45) is -4.73. The van der Waals surface area contributed by atoms with Crippen molar-refractivity contribution in [1.82, 2.24) is 0 Å². The zero-order valence-corrected chi connectivity index (χ0v) is 10.6. The molecule has 1 aromatic rings. The van der Waals surface area contributed by atoms with Gasteiger partial charge in [0.25, 0.3) is 5.69 Å². The fourth-order valence-electron chi connectivity index (χ4n) is 2.49. The Morgan fingerprint density at radius 3 is 2.19 bits per heavy atom. The van der Waals surface area contributed by atoms with Gasteiger partial charge in [-0.15, -0.1) is 0 Å². The zero-order chi connectivity index (χ0) is 15.8. The van der Waals surface area contributed by atoms with E-state index in [0.29, 0.717) is 6.07 Å². The van der Waals surface area contributed by atoms with Crippen molar-refractivity contribution < 1.29 is 27.7 Å². The first-order valence-corrected chi connectivity index (χ1v) is 6.13. The van der Waals surface area contributed by atoms with Crippen molar-refractivity contribution in [2.24, 2.45) is 0 Å². The molecular formula is C13H10F3NO4. The van der Waals surface area contributed by atoms with Crippen LogP contribution >= 0.6 is 0 Å². The summed E-state index contributed by atoms with van der Waals surface area (Å²) >= 11 is 0. The maximum absolute atomic E-state index is 13.1. The van der Waals surface area contributed by atoms with E-state index in [2.05, 4.69) is 0 Å². The molecule has 0 amide bonds. The maximum atomic E-state index is 13.1. The zero-order valence-electron chi connectivity index (χ0n) is 10.6. The van der Waals surface area contributed by atoms with Gasteiger partial charge in [0.2, 0.25) is 0 Å². The van der Waals surface area contributed by atoms with Crippen molar-refractivity contribution in [1.29, 1.82) is 0 Å². The quantitative estimate of drug-likeness (QED) is 0.478. The third kappa shape index (κ3) is 2.79. The highest BCUT2D eigenvalue weighted by atomic mass is 19.4. The highest BCUT2D eigenvalue weighted by molar-refractivity contribution is 6.10. The van der Waals surface area contributed by atoms with Crippen LogP contribution in [0.1, 0.15) is 36.3 Å². The van der Waals surface area contributed by atoms with Gasteiger partial charge in [0.15, 0.2) is 0 Å². The molecular weight excluding hydrogens is 291 g/mol. The second-order valence-corrected chi connectivity index (χ2v) is 4.71. The van der Waals surface area contributed by atoms with Crippen molar-refractivity contribution in [3.63, 3.8) is 0 Å². The number of carbonyl (C=O) groups is 2. The highest BCUT2D eigenvalue weighted by Crippen LogP contribution is 2.42. The minimum Gasteiger partial charge on any atom is -0.299 e. The fourth-order valence-corrected chi connectivity index (χ4v) is 2.49. The van der Waals surface area contributed by atoms with E-state index < -0.39 is 45.4 Å². The third-order valence-corrected chi connectivity index (χ3v) is 3.36. The summed E-state index contributed by atoms with van der Waals surface area (Å²) in [6, 6.07) is 2.42. The largest absolute Gasteiger partial charge is 0.416 e. The van der Waals surface area contributed by atoms with Crippen LogP contribution in [0.25, 0.3) is 0 Å². The lowest BCUT2D eigenvalue weighted by atomic mass is 9.79. The average Bonchev–Trinajstić information content (AvgIpc) is 2.37. The van der Waals surface area contributed by atoms with Gasteiger partial charge in [0.1, 0.15) is 17.5 Å². The van der Waals surface area contributed by atoms with Crippen LogP contribution in [0.2, 0.25) is 0 Å². The Bertz CT molecular complexity index is 608. The lowest BCUT2D eigenvalue weighted by Gasteiger charge is -2.22. The van der Waals surface area contributed by atoms with Crippen LogP contribution in [0.4, 0.5) is 18.9 Å². The molecule has 2 rings (SSSR count). The van der Waals surface area contributed by atoms with Gasteiger partial charge in [-0.1, -0.05) is 6.07 Å². The lowest BCUT2D eigenvalue weighted by molar-refractivity contribution is -0.385. The van der Waals surface area contributed by atoms with E-state index in [1.54, 1.807) is 0 Å². The minimum absolute atomic E-state index is 0.0558. The number of Topliss-reactive ketones (excluding diaryl/α,β-unsaturated/α-hetero) is 2. The van der Waals surface area contributed by atoms with Gasteiger partial charge in [0.05, 0.1) is 16.1 Å². The smallest absolute Gasteiger partial charge is 0.299 e. The van der Waals surface area contributed by atoms with Crippen LogP contribution in [-0.4, -0.2) is 16.5 Å². The number of nitrogens with zero attached hydrogens (tertiary/aromatic N) is 1. The van der Waals surface area contributed by atoms with Crippen molar-refractivity contribution in [2.75, 3.05) is 0 Å². The topological polar surface area (TPSA) is 77.3 Å². The second kappa shape index (κ2) is 5.27. The number of hydrogen-bond donors (Lipinski definition) is 0. The molecule has 1 fully saturated rings. The molecule has 1 aliphatic carbocycles. The monoisotopic (exact) mass is 301 g/mol. The standard InChI is InChI=1S/C13H10F3NO4/c14-13(15,16)7-3-1-4-8(17(20)21)11(7)12-9(18)5-2-6-10(12)19/h1,3-4,12H,2,5-6H2. The molecule has 0 atom stereocenters. The van der Waals surface area contributed by atoms with Gasteiger partial charge in [-0.3, -0.25) is 19.7 Å². The van der Waals surface area contributed by atoms with E-state index in [0.717, 1.165) is 12.1 Å². The van der Waals surface area contributed by atoms with Crippen molar-refractivity contribution in [2.45, 2.75) is 31.4 Å². The van der Waals surface area contributed by atoms with Gasteiger partial charge < -0.3 is 0 Å². The maximum Gasteiger partial charge on any atom is 0.416 e. The van der Waals surface area contributed by atoms with Crippen LogP contribution in [0.5, 0.6) is 0 Å². The number of halogens is 3. The molecule has 112 valence electrons. The van der Waals surface area contributed by atoms with Crippen molar-refractivity contribution in [3.8, 4) is 0 Å². The molecule has 0 heterocycles. The first-order chi connectivity index (χ1) is 9.73. The summed E-state index contributed by atoms with van der Waals surface area (Å²) in [6.45, 7) is 0. The molecule has 0 unspecified atom stereocenters. The molecule has 21 heavy (non-hydrogen) atoms. The molecule has 5 nitrogen and oxygen atoms in total. The third-order valence-electron chi connectivity index (χ3n) is 3.36. The normalized spacial score (nSPS) is 17.1. The van der Waals surface area contributed by atoms with Crippen LogP contribution in [0.3, 0.4) is 0 Å². The molecule has 0 saturated heterocycles.